The molecule has 0 spiro atoms. The minimum absolute atomic E-state index is 0.177. The fraction of sp³-hybridized carbons (Fsp3) is 0.143. The minimum Gasteiger partial charge on any atom is -0.495 e. The van der Waals surface area contributed by atoms with Crippen LogP contribution in [0, 0.1) is 11.6 Å². The second-order valence-corrected chi connectivity index (χ2v) is 4.02. The minimum atomic E-state index is -0.505. The molecule has 0 heterocycles. The van der Waals surface area contributed by atoms with Gasteiger partial charge in [0.2, 0.25) is 0 Å². The first-order valence-corrected chi connectivity index (χ1v) is 5.72. The lowest BCUT2D eigenvalue weighted by Crippen LogP contribution is -2.04. The van der Waals surface area contributed by atoms with Crippen LogP contribution in [-0.2, 0) is 6.54 Å². The summed E-state index contributed by atoms with van der Waals surface area (Å²) in [7, 11) is 1.45. The highest BCUT2D eigenvalue weighted by molar-refractivity contribution is 5.62. The molecule has 100 valence electrons. The van der Waals surface area contributed by atoms with Gasteiger partial charge in [-0.2, -0.15) is 0 Å². The van der Waals surface area contributed by atoms with Crippen LogP contribution in [0.4, 0.5) is 20.2 Å². The van der Waals surface area contributed by atoms with Gasteiger partial charge in [-0.05, 0) is 6.07 Å². The molecule has 0 aliphatic heterocycles. The van der Waals surface area contributed by atoms with E-state index in [2.05, 4.69) is 5.32 Å². The average molecular weight is 264 g/mol. The summed E-state index contributed by atoms with van der Waals surface area (Å²) in [5, 5.41) is 2.82. The predicted octanol–water partition coefficient (Wildman–Crippen LogP) is 3.17. The molecule has 0 radical (unpaired) electrons. The Morgan fingerprint density at radius 3 is 2.58 bits per heavy atom. The monoisotopic (exact) mass is 264 g/mol. The molecule has 2 rings (SSSR count). The summed E-state index contributed by atoms with van der Waals surface area (Å²) in [4.78, 5) is 0. The Morgan fingerprint density at radius 1 is 1.16 bits per heavy atom. The first kappa shape index (κ1) is 13.1. The number of methoxy groups -OCH3 is 1. The number of nitrogen functional groups attached to an aromatic ring is 1. The van der Waals surface area contributed by atoms with Crippen LogP contribution in [0.3, 0.4) is 0 Å². The third-order valence-corrected chi connectivity index (χ3v) is 2.75. The average Bonchev–Trinajstić information content (AvgIpc) is 2.39. The zero-order chi connectivity index (χ0) is 13.8. The van der Waals surface area contributed by atoms with Crippen molar-refractivity contribution in [3.05, 3.63) is 53.6 Å². The molecular formula is C14H14F2N2O. The van der Waals surface area contributed by atoms with Crippen molar-refractivity contribution in [3.8, 4) is 5.75 Å². The van der Waals surface area contributed by atoms with Gasteiger partial charge in [-0.3, -0.25) is 0 Å². The Bertz CT molecular complexity index is 588. The van der Waals surface area contributed by atoms with Gasteiger partial charge in [-0.1, -0.05) is 18.2 Å². The summed E-state index contributed by atoms with van der Waals surface area (Å²) in [5.41, 5.74) is 6.47. The zero-order valence-electron chi connectivity index (χ0n) is 10.4. The zero-order valence-corrected chi connectivity index (χ0v) is 10.4. The Kier molecular flexibility index (Phi) is 3.85. The highest BCUT2D eigenvalue weighted by Crippen LogP contribution is 2.28. The fourth-order valence-electron chi connectivity index (χ4n) is 1.71. The van der Waals surface area contributed by atoms with Crippen LogP contribution in [-0.4, -0.2) is 7.11 Å². The molecule has 2 aromatic carbocycles. The largest absolute Gasteiger partial charge is 0.495 e. The van der Waals surface area contributed by atoms with Gasteiger partial charge in [-0.25, -0.2) is 8.78 Å². The van der Waals surface area contributed by atoms with Crippen molar-refractivity contribution in [2.45, 2.75) is 6.54 Å². The Hall–Kier alpha value is -2.30. The Labute approximate surface area is 110 Å². The van der Waals surface area contributed by atoms with Crippen LogP contribution >= 0.6 is 0 Å². The van der Waals surface area contributed by atoms with E-state index in [4.69, 9.17) is 10.5 Å². The van der Waals surface area contributed by atoms with Crippen LogP contribution in [0.1, 0.15) is 5.56 Å². The number of rotatable bonds is 4. The van der Waals surface area contributed by atoms with E-state index in [-0.39, 0.29) is 23.7 Å². The first-order chi connectivity index (χ1) is 9.11. The standard InChI is InChI=1S/C14H14F2N2O/c1-19-14-7-13(11(16)6-12(14)17)18-8-9-4-2-3-5-10(9)15/h2-7,18H,8,17H2,1H3. The number of halogens is 2. The van der Waals surface area contributed by atoms with Gasteiger partial charge < -0.3 is 15.8 Å². The van der Waals surface area contributed by atoms with Gasteiger partial charge in [-0.15, -0.1) is 0 Å². The van der Waals surface area contributed by atoms with Crippen molar-refractivity contribution in [2.75, 3.05) is 18.2 Å². The molecule has 0 fully saturated rings. The van der Waals surface area contributed by atoms with Crippen molar-refractivity contribution < 1.29 is 13.5 Å². The molecule has 0 saturated carbocycles. The van der Waals surface area contributed by atoms with Gasteiger partial charge in [0, 0.05) is 24.2 Å². The second kappa shape index (κ2) is 5.56. The lowest BCUT2D eigenvalue weighted by molar-refractivity contribution is 0.416. The molecule has 19 heavy (non-hydrogen) atoms. The molecule has 0 aliphatic carbocycles. The molecule has 2 aromatic rings. The van der Waals surface area contributed by atoms with Crippen LogP contribution in [0.2, 0.25) is 0 Å². The highest BCUT2D eigenvalue weighted by Gasteiger charge is 2.09. The van der Waals surface area contributed by atoms with E-state index in [1.54, 1.807) is 18.2 Å². The maximum absolute atomic E-state index is 13.7. The van der Waals surface area contributed by atoms with Crippen molar-refractivity contribution in [3.63, 3.8) is 0 Å². The molecule has 0 aromatic heterocycles. The van der Waals surface area contributed by atoms with Crippen molar-refractivity contribution >= 4 is 11.4 Å². The number of hydrogen-bond acceptors (Lipinski definition) is 3. The summed E-state index contributed by atoms with van der Waals surface area (Å²) in [6.07, 6.45) is 0. The molecule has 0 saturated heterocycles. The van der Waals surface area contributed by atoms with E-state index in [0.29, 0.717) is 11.3 Å². The van der Waals surface area contributed by atoms with Crippen molar-refractivity contribution in [2.24, 2.45) is 0 Å². The number of benzene rings is 2. The summed E-state index contributed by atoms with van der Waals surface area (Å²) in [6.45, 7) is 0.177. The van der Waals surface area contributed by atoms with Crippen molar-refractivity contribution in [1.82, 2.24) is 0 Å². The van der Waals surface area contributed by atoms with E-state index in [1.807, 2.05) is 0 Å². The lowest BCUT2D eigenvalue weighted by atomic mass is 10.2. The highest BCUT2D eigenvalue weighted by atomic mass is 19.1. The van der Waals surface area contributed by atoms with E-state index >= 15 is 0 Å². The van der Waals surface area contributed by atoms with E-state index in [1.165, 1.54) is 25.3 Å². The van der Waals surface area contributed by atoms with E-state index < -0.39 is 5.82 Å². The molecule has 3 N–H and O–H groups in total. The Balaban J connectivity index is 2.18. The number of nitrogens with two attached hydrogens (primary N) is 1. The molecular weight excluding hydrogens is 250 g/mol. The molecule has 0 atom stereocenters. The molecule has 0 unspecified atom stereocenters. The van der Waals surface area contributed by atoms with Gasteiger partial charge in [0.1, 0.15) is 17.4 Å². The van der Waals surface area contributed by atoms with Gasteiger partial charge in [0.05, 0.1) is 18.5 Å². The van der Waals surface area contributed by atoms with Gasteiger partial charge >= 0.3 is 0 Å². The maximum atomic E-state index is 13.7. The topological polar surface area (TPSA) is 47.3 Å². The summed E-state index contributed by atoms with van der Waals surface area (Å²) in [6, 6.07) is 8.94. The number of ether oxygens (including phenoxy) is 1. The summed E-state index contributed by atoms with van der Waals surface area (Å²) >= 11 is 0. The number of anilines is 2. The SMILES string of the molecule is COc1cc(NCc2ccccc2F)c(F)cc1N. The maximum Gasteiger partial charge on any atom is 0.148 e. The fourth-order valence-corrected chi connectivity index (χ4v) is 1.71. The van der Waals surface area contributed by atoms with Gasteiger partial charge in [0.25, 0.3) is 0 Å². The van der Waals surface area contributed by atoms with Crippen LogP contribution < -0.4 is 15.8 Å². The number of nitrogens with one attached hydrogen (secondary N) is 1. The lowest BCUT2D eigenvalue weighted by Gasteiger charge is -2.11. The van der Waals surface area contributed by atoms with E-state index in [9.17, 15) is 8.78 Å². The van der Waals surface area contributed by atoms with Crippen LogP contribution in [0.5, 0.6) is 5.75 Å². The predicted molar refractivity (Wildman–Crippen MR) is 71.1 cm³/mol. The molecule has 0 amide bonds. The molecule has 0 aliphatic rings. The van der Waals surface area contributed by atoms with Crippen molar-refractivity contribution in [1.29, 1.82) is 0 Å². The smallest absolute Gasteiger partial charge is 0.148 e. The normalized spacial score (nSPS) is 10.3. The quantitative estimate of drug-likeness (QED) is 0.834. The second-order valence-electron chi connectivity index (χ2n) is 4.02. The van der Waals surface area contributed by atoms with Gasteiger partial charge in [0.15, 0.2) is 0 Å². The van der Waals surface area contributed by atoms with E-state index in [0.717, 1.165) is 0 Å². The molecule has 3 nitrogen and oxygen atoms in total. The third kappa shape index (κ3) is 2.93. The third-order valence-electron chi connectivity index (χ3n) is 2.75. The van der Waals surface area contributed by atoms with Crippen LogP contribution in [0.15, 0.2) is 36.4 Å². The summed E-state index contributed by atoms with van der Waals surface area (Å²) < 4.78 is 32.1. The molecule has 0 bridgehead atoms. The Morgan fingerprint density at radius 2 is 1.89 bits per heavy atom. The molecule has 5 heteroatoms. The van der Waals surface area contributed by atoms with Crippen LogP contribution in [0.25, 0.3) is 0 Å². The first-order valence-electron chi connectivity index (χ1n) is 5.72. The number of hydrogen-bond donors (Lipinski definition) is 2. The summed E-state index contributed by atoms with van der Waals surface area (Å²) in [5.74, 6) is -0.468.